The van der Waals surface area contributed by atoms with Crippen LogP contribution >= 0.6 is 0 Å². The number of para-hydroxylation sites is 1. The summed E-state index contributed by atoms with van der Waals surface area (Å²) in [7, 11) is 0. The second kappa shape index (κ2) is 4.77. The second-order valence-corrected chi connectivity index (χ2v) is 5.17. The van der Waals surface area contributed by atoms with Crippen LogP contribution in [0.5, 0.6) is 5.75 Å². The van der Waals surface area contributed by atoms with Crippen LogP contribution in [0.1, 0.15) is 10.4 Å². The van der Waals surface area contributed by atoms with E-state index in [1.807, 2.05) is 47.2 Å². The van der Waals surface area contributed by atoms with E-state index in [9.17, 15) is 9.90 Å². The van der Waals surface area contributed by atoms with Gasteiger partial charge >= 0.3 is 5.97 Å². The van der Waals surface area contributed by atoms with Gasteiger partial charge in [-0.1, -0.05) is 18.2 Å². The lowest BCUT2D eigenvalue weighted by molar-refractivity contribution is 0.0697. The number of rotatable bonds is 1. The Hall–Kier alpha value is -3.01. The number of aromatic nitrogens is 1. The van der Waals surface area contributed by atoms with Crippen molar-refractivity contribution in [3.8, 4) is 17.0 Å². The Kier molecular flexibility index (Phi) is 2.76. The van der Waals surface area contributed by atoms with Gasteiger partial charge in [0, 0.05) is 17.1 Å². The molecular weight excluding hydrogens is 278 g/mol. The van der Waals surface area contributed by atoms with Gasteiger partial charge in [-0.15, -0.1) is 0 Å². The number of carboxylic acids is 1. The maximum atomic E-state index is 11.2. The number of carbonyl (C=O) groups is 1. The summed E-state index contributed by atoms with van der Waals surface area (Å²) in [5.41, 5.74) is 3.15. The number of ether oxygens (including phenoxy) is 1. The first-order valence-corrected chi connectivity index (χ1v) is 7.01. The zero-order valence-electron chi connectivity index (χ0n) is 11.7. The first-order valence-electron chi connectivity index (χ1n) is 7.01. The Balaban J connectivity index is 2.05. The third-order valence-corrected chi connectivity index (χ3v) is 3.84. The van der Waals surface area contributed by atoms with E-state index in [2.05, 4.69) is 6.07 Å². The molecule has 0 aliphatic carbocycles. The predicted octanol–water partition coefficient (Wildman–Crippen LogP) is 3.87. The van der Waals surface area contributed by atoms with Crippen molar-refractivity contribution in [3.63, 3.8) is 0 Å². The number of hydrogen-bond donors (Lipinski definition) is 1. The molecule has 108 valence electrons. The number of hydrogen-bond acceptors (Lipinski definition) is 2. The van der Waals surface area contributed by atoms with Crippen LogP contribution < -0.4 is 4.74 Å². The average molecular weight is 291 g/mol. The highest BCUT2D eigenvalue weighted by Crippen LogP contribution is 2.35. The molecule has 0 unspecified atom stereocenters. The number of fused-ring (bicyclic) bond motifs is 5. The topological polar surface area (TPSA) is 51.5 Å². The van der Waals surface area contributed by atoms with Crippen LogP contribution in [-0.2, 0) is 0 Å². The Labute approximate surface area is 126 Å². The average Bonchev–Trinajstić information content (AvgIpc) is 2.86. The van der Waals surface area contributed by atoms with E-state index in [4.69, 9.17) is 4.74 Å². The molecule has 1 N–H and O–H groups in total. The lowest BCUT2D eigenvalue weighted by Crippen LogP contribution is -2.02. The van der Waals surface area contributed by atoms with Gasteiger partial charge in [-0.25, -0.2) is 4.79 Å². The molecule has 4 nitrogen and oxygen atoms in total. The van der Waals surface area contributed by atoms with Crippen LogP contribution in [0.25, 0.3) is 28.4 Å². The van der Waals surface area contributed by atoms with E-state index >= 15 is 0 Å². The predicted molar refractivity (Wildman–Crippen MR) is 85.2 cm³/mol. The molecule has 22 heavy (non-hydrogen) atoms. The Morgan fingerprint density at radius 2 is 2.00 bits per heavy atom. The summed E-state index contributed by atoms with van der Waals surface area (Å²) in [6.45, 7) is 0.481. The highest BCUT2D eigenvalue weighted by atomic mass is 16.5. The van der Waals surface area contributed by atoms with Crippen LogP contribution in [0.2, 0.25) is 0 Å². The molecule has 0 atom stereocenters. The van der Waals surface area contributed by atoms with Gasteiger partial charge < -0.3 is 14.4 Å². The smallest absolute Gasteiger partial charge is 0.335 e. The summed E-state index contributed by atoms with van der Waals surface area (Å²) in [6, 6.07) is 15.1. The molecule has 0 fully saturated rings. The maximum absolute atomic E-state index is 11.2. The molecular formula is C18H13NO3. The minimum atomic E-state index is -0.920. The zero-order valence-corrected chi connectivity index (χ0v) is 11.7. The van der Waals surface area contributed by atoms with Crippen molar-refractivity contribution < 1.29 is 14.6 Å². The zero-order chi connectivity index (χ0) is 15.1. The number of aromatic carboxylic acids is 1. The number of benzene rings is 2. The maximum Gasteiger partial charge on any atom is 0.335 e. The van der Waals surface area contributed by atoms with E-state index in [-0.39, 0.29) is 5.56 Å². The van der Waals surface area contributed by atoms with E-state index in [1.54, 1.807) is 12.1 Å². The van der Waals surface area contributed by atoms with Gasteiger partial charge in [0.1, 0.15) is 12.4 Å². The quantitative estimate of drug-likeness (QED) is 0.740. The summed E-state index contributed by atoms with van der Waals surface area (Å²) < 4.78 is 7.77. The van der Waals surface area contributed by atoms with Gasteiger partial charge in [0.25, 0.3) is 0 Å². The van der Waals surface area contributed by atoms with Gasteiger partial charge in [0.2, 0.25) is 0 Å². The van der Waals surface area contributed by atoms with Crippen molar-refractivity contribution in [1.29, 1.82) is 0 Å². The minimum absolute atomic E-state index is 0.286. The molecule has 0 radical (unpaired) electrons. The molecule has 4 rings (SSSR count). The molecule has 2 aromatic carbocycles. The number of nitrogens with zero attached hydrogens (tertiary/aromatic N) is 1. The van der Waals surface area contributed by atoms with Crippen molar-refractivity contribution in [3.05, 3.63) is 60.2 Å². The highest BCUT2D eigenvalue weighted by molar-refractivity contribution is 5.97. The first kappa shape index (κ1) is 12.7. The molecule has 0 amide bonds. The molecule has 1 aliphatic rings. The highest BCUT2D eigenvalue weighted by Gasteiger charge is 2.16. The standard InChI is InChI=1S/C18H13NO3/c20-18(21)13-7-6-12-10-16-14-4-1-2-5-17(14)22-9-3-8-19(16)15(12)11-13/h1-8,10-11H,9H2,(H,20,21)/b8-3-. The van der Waals surface area contributed by atoms with Gasteiger partial charge in [0.15, 0.2) is 0 Å². The fourth-order valence-electron chi connectivity index (χ4n) is 2.81. The third kappa shape index (κ3) is 1.89. The largest absolute Gasteiger partial charge is 0.489 e. The van der Waals surface area contributed by atoms with Gasteiger partial charge in [-0.2, -0.15) is 0 Å². The normalized spacial score (nSPS) is 14.4. The summed E-state index contributed by atoms with van der Waals surface area (Å²) in [5, 5.41) is 10.2. The molecule has 0 spiro atoms. The van der Waals surface area contributed by atoms with E-state index in [0.717, 1.165) is 27.9 Å². The van der Waals surface area contributed by atoms with E-state index in [1.165, 1.54) is 0 Å². The third-order valence-electron chi connectivity index (χ3n) is 3.84. The van der Waals surface area contributed by atoms with Crippen molar-refractivity contribution in [1.82, 2.24) is 4.57 Å². The molecule has 4 heteroatoms. The van der Waals surface area contributed by atoms with Crippen molar-refractivity contribution in [2.24, 2.45) is 0 Å². The Bertz CT molecular complexity index is 921. The minimum Gasteiger partial charge on any atom is -0.489 e. The van der Waals surface area contributed by atoms with Crippen LogP contribution in [0.3, 0.4) is 0 Å². The summed E-state index contributed by atoms with van der Waals surface area (Å²) >= 11 is 0. The van der Waals surface area contributed by atoms with Crippen molar-refractivity contribution in [2.45, 2.75) is 0 Å². The summed E-state index contributed by atoms with van der Waals surface area (Å²) in [4.78, 5) is 11.2. The Morgan fingerprint density at radius 3 is 2.86 bits per heavy atom. The molecule has 2 heterocycles. The van der Waals surface area contributed by atoms with Crippen LogP contribution in [0.4, 0.5) is 0 Å². The van der Waals surface area contributed by atoms with E-state index in [0.29, 0.717) is 6.61 Å². The molecule has 1 aliphatic heterocycles. The Morgan fingerprint density at radius 1 is 1.14 bits per heavy atom. The van der Waals surface area contributed by atoms with Crippen molar-refractivity contribution >= 4 is 23.1 Å². The summed E-state index contributed by atoms with van der Waals surface area (Å²) in [6.07, 6.45) is 3.85. The summed E-state index contributed by atoms with van der Waals surface area (Å²) in [5.74, 6) is -0.0922. The molecule has 0 saturated heterocycles. The molecule has 3 aromatic rings. The van der Waals surface area contributed by atoms with Gasteiger partial charge in [-0.05, 0) is 36.4 Å². The van der Waals surface area contributed by atoms with Crippen LogP contribution in [-0.4, -0.2) is 22.2 Å². The SMILES string of the molecule is O=C(O)c1ccc2cc3n(c2c1)/C=C\COc1ccccc1-3. The number of carboxylic acid groups (broad SMARTS) is 1. The molecule has 1 aromatic heterocycles. The lowest BCUT2D eigenvalue weighted by atomic mass is 10.1. The second-order valence-electron chi connectivity index (χ2n) is 5.17. The van der Waals surface area contributed by atoms with E-state index < -0.39 is 5.97 Å². The van der Waals surface area contributed by atoms with Gasteiger partial charge in [0.05, 0.1) is 16.8 Å². The molecule has 0 saturated carbocycles. The lowest BCUT2D eigenvalue weighted by Gasteiger charge is -2.14. The van der Waals surface area contributed by atoms with Gasteiger partial charge in [-0.3, -0.25) is 0 Å². The van der Waals surface area contributed by atoms with Crippen LogP contribution in [0, 0.1) is 0 Å². The van der Waals surface area contributed by atoms with Crippen molar-refractivity contribution in [2.75, 3.05) is 6.61 Å². The fraction of sp³-hybridized carbons (Fsp3) is 0.0556. The first-order chi connectivity index (χ1) is 10.7. The monoisotopic (exact) mass is 291 g/mol. The van der Waals surface area contributed by atoms with Crippen LogP contribution in [0.15, 0.2) is 54.6 Å². The fourth-order valence-corrected chi connectivity index (χ4v) is 2.81. The molecule has 0 bridgehead atoms.